The van der Waals surface area contributed by atoms with Gasteiger partial charge in [-0.15, -0.1) is 0 Å². The molecular formula is C21H35F3N2S. The lowest BCUT2D eigenvalue weighted by Gasteiger charge is -2.23. The highest BCUT2D eigenvalue weighted by Gasteiger charge is 2.24. The largest absolute Gasteiger partial charge is 0.379 e. The molecule has 1 saturated carbocycles. The van der Waals surface area contributed by atoms with Crippen LogP contribution in [0.2, 0.25) is 0 Å². The molecule has 0 aromatic heterocycles. The highest BCUT2D eigenvalue weighted by Crippen LogP contribution is 2.35. The van der Waals surface area contributed by atoms with E-state index in [2.05, 4.69) is 5.32 Å². The van der Waals surface area contributed by atoms with Crippen LogP contribution >= 0.6 is 11.9 Å². The van der Waals surface area contributed by atoms with Crippen molar-refractivity contribution >= 4 is 17.6 Å². The van der Waals surface area contributed by atoms with Crippen LogP contribution in [0.15, 0.2) is 4.90 Å². The molecule has 2 nitrogen and oxygen atoms in total. The van der Waals surface area contributed by atoms with Crippen molar-refractivity contribution in [3.63, 3.8) is 0 Å². The third kappa shape index (κ3) is 7.22. The zero-order valence-corrected chi connectivity index (χ0v) is 17.8. The van der Waals surface area contributed by atoms with Crippen molar-refractivity contribution < 1.29 is 13.2 Å². The molecule has 1 aliphatic rings. The van der Waals surface area contributed by atoms with Crippen molar-refractivity contribution in [1.82, 2.24) is 0 Å². The minimum atomic E-state index is -1.16. The Kier molecular flexibility index (Phi) is 11.9. The lowest BCUT2D eigenvalue weighted by molar-refractivity contribution is 0.462. The average molecular weight is 405 g/mol. The van der Waals surface area contributed by atoms with Gasteiger partial charge in [-0.1, -0.05) is 71.6 Å². The summed E-state index contributed by atoms with van der Waals surface area (Å²) in [6.07, 6.45) is 12.6. The van der Waals surface area contributed by atoms with Crippen molar-refractivity contribution in [1.29, 1.82) is 0 Å². The Morgan fingerprint density at radius 2 is 1.22 bits per heavy atom. The third-order valence-corrected chi connectivity index (χ3v) is 5.69. The van der Waals surface area contributed by atoms with Crippen molar-refractivity contribution in [3.8, 4) is 0 Å². The maximum absolute atomic E-state index is 14.6. The van der Waals surface area contributed by atoms with Crippen LogP contribution < -0.4 is 10.5 Å². The summed E-state index contributed by atoms with van der Waals surface area (Å²) in [7, 11) is 0. The fraction of sp³-hybridized carbons (Fsp3) is 0.714. The first-order valence-corrected chi connectivity index (χ1v) is 11.2. The van der Waals surface area contributed by atoms with Gasteiger partial charge in [-0.3, -0.25) is 5.14 Å². The van der Waals surface area contributed by atoms with Gasteiger partial charge >= 0.3 is 0 Å². The van der Waals surface area contributed by atoms with Gasteiger partial charge in [0, 0.05) is 11.6 Å². The Morgan fingerprint density at radius 3 is 1.67 bits per heavy atom. The summed E-state index contributed by atoms with van der Waals surface area (Å²) < 4.78 is 42.5. The van der Waals surface area contributed by atoms with Crippen molar-refractivity contribution in [2.24, 2.45) is 5.14 Å². The van der Waals surface area contributed by atoms with E-state index in [0.29, 0.717) is 11.9 Å². The Bertz CT molecular complexity index is 555. The first-order valence-electron chi connectivity index (χ1n) is 10.4. The maximum atomic E-state index is 14.6. The molecule has 0 unspecified atom stereocenters. The summed E-state index contributed by atoms with van der Waals surface area (Å²) in [6.45, 7) is 5.25. The normalized spacial score (nSPS) is 17.3. The minimum absolute atomic E-state index is 0.0148. The van der Waals surface area contributed by atoms with E-state index in [4.69, 9.17) is 5.14 Å². The molecular weight excluding hydrogens is 369 g/mol. The summed E-state index contributed by atoms with van der Waals surface area (Å²) in [5.74, 6) is -2.96. The fourth-order valence-corrected chi connectivity index (χ4v) is 3.97. The molecule has 3 N–H and O–H groups in total. The molecule has 1 aromatic rings. The van der Waals surface area contributed by atoms with Gasteiger partial charge in [0.05, 0.1) is 10.6 Å². The van der Waals surface area contributed by atoms with Gasteiger partial charge in [0.2, 0.25) is 0 Å². The standard InChI is InChI=1S/C19H29F3N2S.C2H6/c1-13-15(20)17(22)19(25-23)18(16(13)21)24-14-11-9-7-5-3-2-4-6-8-10-12-14;1-2/h14,24H,2-12,23H2,1H3;1-2H3. The first kappa shape index (κ1) is 24.2. The summed E-state index contributed by atoms with van der Waals surface area (Å²) in [5, 5.41) is 8.63. The predicted molar refractivity (Wildman–Crippen MR) is 111 cm³/mol. The van der Waals surface area contributed by atoms with Crippen LogP contribution in [0.5, 0.6) is 0 Å². The van der Waals surface area contributed by atoms with Gasteiger partial charge in [0.25, 0.3) is 0 Å². The van der Waals surface area contributed by atoms with E-state index in [-0.39, 0.29) is 22.2 Å². The Labute approximate surface area is 167 Å². The minimum Gasteiger partial charge on any atom is -0.379 e. The molecule has 1 fully saturated rings. The lowest BCUT2D eigenvalue weighted by atomic mass is 9.97. The Hall–Kier alpha value is -0.880. The fourth-order valence-electron chi connectivity index (χ4n) is 3.51. The number of rotatable bonds is 3. The molecule has 0 spiro atoms. The smallest absolute Gasteiger partial charge is 0.176 e. The zero-order valence-electron chi connectivity index (χ0n) is 17.0. The van der Waals surface area contributed by atoms with Gasteiger partial charge in [-0.05, 0) is 31.7 Å². The predicted octanol–water partition coefficient (Wildman–Crippen LogP) is 7.49. The van der Waals surface area contributed by atoms with Crippen LogP contribution in [-0.2, 0) is 0 Å². The maximum Gasteiger partial charge on any atom is 0.176 e. The first-order chi connectivity index (χ1) is 13.1. The Morgan fingerprint density at radius 1 is 0.778 bits per heavy atom. The molecule has 0 heterocycles. The van der Waals surface area contributed by atoms with Crippen molar-refractivity contribution in [2.75, 3.05) is 5.32 Å². The summed E-state index contributed by atoms with van der Waals surface area (Å²) in [4.78, 5) is -0.174. The monoisotopic (exact) mass is 404 g/mol. The number of halogens is 3. The van der Waals surface area contributed by atoms with Gasteiger partial charge in [0.1, 0.15) is 0 Å². The molecule has 156 valence electrons. The highest BCUT2D eigenvalue weighted by atomic mass is 32.2. The molecule has 1 aliphatic carbocycles. The number of hydrogen-bond acceptors (Lipinski definition) is 3. The molecule has 2 rings (SSSR count). The van der Waals surface area contributed by atoms with Crippen molar-refractivity contribution in [3.05, 3.63) is 23.0 Å². The van der Waals surface area contributed by atoms with E-state index < -0.39 is 17.5 Å². The molecule has 0 amide bonds. The van der Waals surface area contributed by atoms with Crippen LogP contribution in [0, 0.1) is 24.4 Å². The number of nitrogens with two attached hydrogens (primary N) is 1. The summed E-state index contributed by atoms with van der Waals surface area (Å²) in [5.41, 5.74) is -0.285. The van der Waals surface area contributed by atoms with Crippen LogP contribution in [0.25, 0.3) is 0 Å². The quantitative estimate of drug-likeness (QED) is 0.405. The number of hydrogen-bond donors (Lipinski definition) is 2. The van der Waals surface area contributed by atoms with E-state index in [1.165, 1.54) is 39.0 Å². The average Bonchev–Trinajstić information content (AvgIpc) is 2.68. The van der Waals surface area contributed by atoms with Gasteiger partial charge in [-0.2, -0.15) is 0 Å². The second kappa shape index (κ2) is 13.3. The van der Waals surface area contributed by atoms with Gasteiger partial charge < -0.3 is 5.32 Å². The zero-order chi connectivity index (χ0) is 20.2. The highest BCUT2D eigenvalue weighted by molar-refractivity contribution is 7.97. The van der Waals surface area contributed by atoms with E-state index in [1.54, 1.807) is 0 Å². The van der Waals surface area contributed by atoms with E-state index in [9.17, 15) is 13.2 Å². The van der Waals surface area contributed by atoms with Crippen molar-refractivity contribution in [2.45, 2.75) is 102 Å². The molecule has 0 saturated heterocycles. The SMILES string of the molecule is CC.Cc1c(F)c(F)c(SN)c(NC2CCCCCCCCCCC2)c1F. The van der Waals surface area contributed by atoms with E-state index >= 15 is 0 Å². The number of benzene rings is 1. The topological polar surface area (TPSA) is 38.0 Å². The van der Waals surface area contributed by atoms with Crippen LogP contribution in [-0.4, -0.2) is 6.04 Å². The van der Waals surface area contributed by atoms with Gasteiger partial charge in [-0.25, -0.2) is 13.2 Å². The lowest BCUT2D eigenvalue weighted by Crippen LogP contribution is -2.22. The third-order valence-electron chi connectivity index (χ3n) is 5.07. The number of anilines is 1. The van der Waals surface area contributed by atoms with Crippen LogP contribution in [0.3, 0.4) is 0 Å². The molecule has 0 radical (unpaired) electrons. The summed E-state index contributed by atoms with van der Waals surface area (Å²) >= 11 is 0.553. The summed E-state index contributed by atoms with van der Waals surface area (Å²) in [6, 6.07) is 0.0593. The van der Waals surface area contributed by atoms with Crippen LogP contribution in [0.4, 0.5) is 18.9 Å². The molecule has 27 heavy (non-hydrogen) atoms. The molecule has 0 aliphatic heterocycles. The van der Waals surface area contributed by atoms with Gasteiger partial charge in [0.15, 0.2) is 17.5 Å². The van der Waals surface area contributed by atoms with Crippen LogP contribution in [0.1, 0.15) is 90.0 Å². The Balaban J connectivity index is 0.00000176. The second-order valence-corrected chi connectivity index (χ2v) is 7.63. The molecule has 0 atom stereocenters. The second-order valence-electron chi connectivity index (χ2n) is 6.99. The molecule has 0 bridgehead atoms. The van der Waals surface area contributed by atoms with E-state index in [0.717, 1.165) is 38.5 Å². The molecule has 1 aromatic carbocycles. The van der Waals surface area contributed by atoms with E-state index in [1.807, 2.05) is 13.8 Å². The number of nitrogens with one attached hydrogen (secondary N) is 1. The molecule has 6 heteroatoms.